The van der Waals surface area contributed by atoms with E-state index in [1.807, 2.05) is 30.3 Å². The first-order valence-electron chi connectivity index (χ1n) is 8.74. The topological polar surface area (TPSA) is 86.4 Å². The highest BCUT2D eigenvalue weighted by Gasteiger charge is 2.48. The molecule has 138 valence electrons. The summed E-state index contributed by atoms with van der Waals surface area (Å²) in [5.74, 6) is -0.0540. The summed E-state index contributed by atoms with van der Waals surface area (Å²) in [6.07, 6.45) is 1.50. The molecular weight excluding hydrogens is 352 g/mol. The number of aryl methyl sites for hydroxylation is 1. The summed E-state index contributed by atoms with van der Waals surface area (Å²) in [6, 6.07) is 9.54. The molecule has 2 aliphatic rings. The van der Waals surface area contributed by atoms with Gasteiger partial charge in [0.15, 0.2) is 9.84 Å². The molecule has 4 rings (SSSR count). The van der Waals surface area contributed by atoms with Crippen molar-refractivity contribution in [3.8, 4) is 0 Å². The predicted molar refractivity (Wildman–Crippen MR) is 97.4 cm³/mol. The van der Waals surface area contributed by atoms with E-state index in [1.165, 1.54) is 6.33 Å². The van der Waals surface area contributed by atoms with Crippen LogP contribution in [0.25, 0.3) is 0 Å². The normalized spacial score (nSPS) is 25.2. The van der Waals surface area contributed by atoms with Crippen LogP contribution >= 0.6 is 0 Å². The van der Waals surface area contributed by atoms with Crippen LogP contribution in [0.4, 0.5) is 0 Å². The number of hydrogen-bond donors (Lipinski definition) is 1. The molecule has 3 heterocycles. The summed E-state index contributed by atoms with van der Waals surface area (Å²) in [6.45, 7) is 3.66. The summed E-state index contributed by atoms with van der Waals surface area (Å²) in [7, 11) is -3.16. The third-order valence-corrected chi connectivity index (χ3v) is 7.01. The van der Waals surface area contributed by atoms with Crippen molar-refractivity contribution in [3.05, 3.63) is 53.6 Å². The van der Waals surface area contributed by atoms with Gasteiger partial charge in [-0.15, -0.1) is 0 Å². The molecule has 2 aliphatic heterocycles. The molecule has 26 heavy (non-hydrogen) atoms. The van der Waals surface area contributed by atoms with Crippen LogP contribution in [0, 0.1) is 6.92 Å². The zero-order chi connectivity index (χ0) is 18.3. The quantitative estimate of drug-likeness (QED) is 0.860. The number of aromatic nitrogens is 2. The molecule has 0 radical (unpaired) electrons. The van der Waals surface area contributed by atoms with Gasteiger partial charge in [-0.05, 0) is 12.5 Å². The number of H-pyrrole nitrogens is 1. The van der Waals surface area contributed by atoms with E-state index >= 15 is 0 Å². The van der Waals surface area contributed by atoms with Gasteiger partial charge in [-0.2, -0.15) is 0 Å². The number of amides is 1. The Balaban J connectivity index is 1.60. The zero-order valence-electron chi connectivity index (χ0n) is 14.6. The molecule has 1 aromatic heterocycles. The Morgan fingerprint density at radius 2 is 1.92 bits per heavy atom. The highest BCUT2D eigenvalue weighted by Crippen LogP contribution is 2.29. The van der Waals surface area contributed by atoms with Gasteiger partial charge in [-0.1, -0.05) is 30.3 Å². The largest absolute Gasteiger partial charge is 0.348 e. The average Bonchev–Trinajstić information content (AvgIpc) is 3.17. The van der Waals surface area contributed by atoms with Crippen LogP contribution in [0.2, 0.25) is 0 Å². The number of carbonyl (C=O) groups excluding carboxylic acids is 1. The number of nitrogens with zero attached hydrogens (tertiary/aromatic N) is 3. The fourth-order valence-corrected chi connectivity index (χ4v) is 6.01. The second-order valence-electron chi connectivity index (χ2n) is 7.04. The number of carbonyl (C=O) groups is 1. The lowest BCUT2D eigenvalue weighted by Gasteiger charge is -2.43. The van der Waals surface area contributed by atoms with Crippen LogP contribution in [0.5, 0.6) is 0 Å². The highest BCUT2D eigenvalue weighted by atomic mass is 32.2. The Labute approximate surface area is 152 Å². The molecule has 0 saturated carbocycles. The first-order valence-corrected chi connectivity index (χ1v) is 10.6. The fraction of sp³-hybridized carbons (Fsp3) is 0.444. The molecule has 0 spiro atoms. The molecule has 1 N–H and O–H groups in total. The smallest absolute Gasteiger partial charge is 0.274 e. The van der Waals surface area contributed by atoms with Crippen LogP contribution in [0.1, 0.15) is 21.7 Å². The van der Waals surface area contributed by atoms with Gasteiger partial charge < -0.3 is 9.88 Å². The summed E-state index contributed by atoms with van der Waals surface area (Å²) in [4.78, 5) is 23.9. The van der Waals surface area contributed by atoms with Crippen molar-refractivity contribution >= 4 is 15.7 Å². The molecule has 2 atom stereocenters. The van der Waals surface area contributed by atoms with Gasteiger partial charge in [0, 0.05) is 31.4 Å². The lowest BCUT2D eigenvalue weighted by Crippen LogP contribution is -2.60. The Morgan fingerprint density at radius 1 is 1.19 bits per heavy atom. The number of piperazine rings is 1. The third kappa shape index (κ3) is 3.14. The zero-order valence-corrected chi connectivity index (χ0v) is 15.4. The van der Waals surface area contributed by atoms with Crippen molar-refractivity contribution in [1.29, 1.82) is 0 Å². The Hall–Kier alpha value is -2.19. The number of sulfone groups is 1. The Morgan fingerprint density at radius 3 is 2.62 bits per heavy atom. The van der Waals surface area contributed by atoms with Gasteiger partial charge in [0.2, 0.25) is 0 Å². The molecule has 8 heteroatoms. The number of imidazole rings is 1. The average molecular weight is 374 g/mol. The lowest BCUT2D eigenvalue weighted by atomic mass is 10.0. The van der Waals surface area contributed by atoms with Crippen LogP contribution in [-0.2, 0) is 16.4 Å². The number of nitrogens with one attached hydrogen (secondary N) is 1. The minimum Gasteiger partial charge on any atom is -0.348 e. The van der Waals surface area contributed by atoms with Crippen molar-refractivity contribution < 1.29 is 13.2 Å². The first-order chi connectivity index (χ1) is 12.4. The number of rotatable bonds is 3. The summed E-state index contributed by atoms with van der Waals surface area (Å²) in [5.41, 5.74) is 2.24. The van der Waals surface area contributed by atoms with Gasteiger partial charge >= 0.3 is 0 Å². The van der Waals surface area contributed by atoms with E-state index in [1.54, 1.807) is 11.8 Å². The highest BCUT2D eigenvalue weighted by molar-refractivity contribution is 7.91. The SMILES string of the molecule is Cc1[nH]cnc1C(=O)N1CCN(Cc2ccccc2)[C@@H]2CS(=O)(=O)C[C@@H]21. The van der Waals surface area contributed by atoms with Gasteiger partial charge in [0.1, 0.15) is 5.69 Å². The van der Waals surface area contributed by atoms with Gasteiger partial charge in [-0.3, -0.25) is 9.69 Å². The molecule has 0 bridgehead atoms. The molecule has 0 aliphatic carbocycles. The monoisotopic (exact) mass is 374 g/mol. The van der Waals surface area contributed by atoms with Crippen molar-refractivity contribution in [3.63, 3.8) is 0 Å². The maximum absolute atomic E-state index is 12.9. The van der Waals surface area contributed by atoms with Crippen molar-refractivity contribution in [2.75, 3.05) is 24.6 Å². The predicted octanol–water partition coefficient (Wildman–Crippen LogP) is 0.842. The maximum Gasteiger partial charge on any atom is 0.274 e. The molecule has 2 saturated heterocycles. The Kier molecular flexibility index (Phi) is 4.32. The van der Waals surface area contributed by atoms with E-state index in [4.69, 9.17) is 0 Å². The minimum absolute atomic E-state index is 0.0260. The summed E-state index contributed by atoms with van der Waals surface area (Å²) in [5, 5.41) is 0. The van der Waals surface area contributed by atoms with Gasteiger partial charge in [-0.25, -0.2) is 13.4 Å². The van der Waals surface area contributed by atoms with E-state index in [0.29, 0.717) is 31.0 Å². The van der Waals surface area contributed by atoms with Crippen molar-refractivity contribution in [1.82, 2.24) is 19.8 Å². The van der Waals surface area contributed by atoms with Crippen LogP contribution in [-0.4, -0.2) is 70.8 Å². The van der Waals surface area contributed by atoms with E-state index in [-0.39, 0.29) is 29.5 Å². The summed E-state index contributed by atoms with van der Waals surface area (Å²) < 4.78 is 24.7. The number of fused-ring (bicyclic) bond motifs is 1. The second kappa shape index (κ2) is 6.51. The molecule has 1 aromatic carbocycles. The van der Waals surface area contributed by atoms with Gasteiger partial charge in [0.05, 0.1) is 23.9 Å². The van der Waals surface area contributed by atoms with Crippen molar-refractivity contribution in [2.24, 2.45) is 0 Å². The van der Waals surface area contributed by atoms with Crippen molar-refractivity contribution in [2.45, 2.75) is 25.6 Å². The van der Waals surface area contributed by atoms with E-state index in [2.05, 4.69) is 14.9 Å². The maximum atomic E-state index is 12.9. The lowest BCUT2D eigenvalue weighted by molar-refractivity contribution is 0.0301. The third-order valence-electron chi connectivity index (χ3n) is 5.31. The van der Waals surface area contributed by atoms with E-state index in [0.717, 1.165) is 5.56 Å². The number of hydrogen-bond acceptors (Lipinski definition) is 5. The Bertz CT molecular complexity index is 910. The molecule has 2 fully saturated rings. The minimum atomic E-state index is -3.16. The molecule has 1 amide bonds. The van der Waals surface area contributed by atoms with Crippen LogP contribution in [0.15, 0.2) is 36.7 Å². The summed E-state index contributed by atoms with van der Waals surface area (Å²) >= 11 is 0. The standard InChI is InChI=1S/C18H22N4O3S/c1-13-17(20-12-19-13)18(23)22-8-7-21(9-14-5-3-2-4-6-14)15-10-26(24,25)11-16(15)22/h2-6,12,15-16H,7-11H2,1H3,(H,19,20)/t15-,16+/m1/s1. The van der Waals surface area contributed by atoms with Gasteiger partial charge in [0.25, 0.3) is 5.91 Å². The van der Waals surface area contributed by atoms with Crippen LogP contribution in [0.3, 0.4) is 0 Å². The number of benzene rings is 1. The van der Waals surface area contributed by atoms with E-state index < -0.39 is 9.84 Å². The second-order valence-corrected chi connectivity index (χ2v) is 9.20. The van der Waals surface area contributed by atoms with E-state index in [9.17, 15) is 13.2 Å². The van der Waals surface area contributed by atoms with Crippen LogP contribution < -0.4 is 0 Å². The first kappa shape index (κ1) is 17.2. The molecule has 2 aromatic rings. The molecule has 0 unspecified atom stereocenters. The molecule has 7 nitrogen and oxygen atoms in total. The fourth-order valence-electron chi connectivity index (χ4n) is 4.00. The number of aromatic amines is 1. The molecular formula is C18H22N4O3S.